The molecule has 0 spiro atoms. The van der Waals surface area contributed by atoms with Crippen molar-refractivity contribution in [3.8, 4) is 5.75 Å². The Balaban J connectivity index is 2.44. The lowest BCUT2D eigenvalue weighted by Crippen LogP contribution is -2.57. The molecule has 1 aromatic carbocycles. The van der Waals surface area contributed by atoms with Crippen molar-refractivity contribution in [3.05, 3.63) is 29.8 Å². The molecule has 1 fully saturated rings. The average Bonchev–Trinajstić information content (AvgIpc) is 2.65. The van der Waals surface area contributed by atoms with Crippen LogP contribution in [0.2, 0.25) is 0 Å². The maximum atomic E-state index is 14.7. The van der Waals surface area contributed by atoms with Gasteiger partial charge in [-0.1, -0.05) is 25.5 Å². The smallest absolute Gasteiger partial charge is 0.381 e. The number of alkyl halides is 9. The van der Waals surface area contributed by atoms with Gasteiger partial charge in [0.1, 0.15) is 5.75 Å². The van der Waals surface area contributed by atoms with Crippen molar-refractivity contribution in [3.63, 3.8) is 0 Å². The minimum absolute atomic E-state index is 0.0599. The third-order valence-corrected chi connectivity index (χ3v) is 4.99. The number of hydrogen-bond acceptors (Lipinski definition) is 2. The minimum atomic E-state index is -6.67. The van der Waals surface area contributed by atoms with Gasteiger partial charge < -0.3 is 9.84 Å². The quantitative estimate of drug-likeness (QED) is 0.436. The van der Waals surface area contributed by atoms with E-state index in [9.17, 15) is 44.6 Å². The number of rotatable bonds is 7. The van der Waals surface area contributed by atoms with Crippen LogP contribution in [0.5, 0.6) is 5.75 Å². The number of halogens is 9. The number of ether oxygens (including phenoxy) is 1. The van der Waals surface area contributed by atoms with Crippen molar-refractivity contribution < 1.29 is 49.4 Å². The summed E-state index contributed by atoms with van der Waals surface area (Å²) in [6, 6.07) is 4.59. The van der Waals surface area contributed by atoms with Crippen LogP contribution >= 0.6 is 0 Å². The molecule has 29 heavy (non-hydrogen) atoms. The Kier molecular flexibility index (Phi) is 5.66. The first-order valence-electron chi connectivity index (χ1n) is 8.65. The highest BCUT2D eigenvalue weighted by Crippen LogP contribution is 2.70. The summed E-state index contributed by atoms with van der Waals surface area (Å²) in [6.07, 6.45) is -1.03. The molecular weight excluding hydrogens is 419 g/mol. The predicted octanol–water partition coefficient (Wildman–Crippen LogP) is 5.73. The molecule has 166 valence electrons. The van der Waals surface area contributed by atoms with Crippen molar-refractivity contribution in [1.82, 2.24) is 0 Å². The molecule has 0 saturated heterocycles. The zero-order chi connectivity index (χ0) is 22.5. The molecule has 0 aromatic heterocycles. The van der Waals surface area contributed by atoms with Gasteiger partial charge in [-0.25, -0.2) is 4.39 Å². The van der Waals surface area contributed by atoms with Gasteiger partial charge >= 0.3 is 23.7 Å². The number of aliphatic hydroxyl groups is 1. The molecule has 0 amide bonds. The lowest BCUT2D eigenvalue weighted by molar-refractivity contribution is -0.303. The Morgan fingerprint density at radius 3 is 1.90 bits per heavy atom. The molecule has 1 N–H and O–H groups in total. The van der Waals surface area contributed by atoms with Crippen LogP contribution in [0.4, 0.5) is 39.5 Å². The van der Waals surface area contributed by atoms with E-state index in [1.54, 1.807) is 0 Å². The van der Waals surface area contributed by atoms with Gasteiger partial charge in [-0.05, 0) is 31.0 Å². The van der Waals surface area contributed by atoms with Gasteiger partial charge in [0.05, 0.1) is 12.2 Å². The van der Waals surface area contributed by atoms with E-state index in [4.69, 9.17) is 4.74 Å². The largest absolute Gasteiger partial charge is 0.494 e. The second kappa shape index (κ2) is 6.95. The minimum Gasteiger partial charge on any atom is -0.494 e. The molecule has 2 rings (SSSR count). The van der Waals surface area contributed by atoms with Crippen molar-refractivity contribution in [2.75, 3.05) is 6.61 Å². The lowest BCUT2D eigenvalue weighted by atomic mass is 9.80. The fourth-order valence-corrected chi connectivity index (χ4v) is 3.14. The van der Waals surface area contributed by atoms with E-state index in [1.165, 1.54) is 12.1 Å². The van der Waals surface area contributed by atoms with Gasteiger partial charge in [0, 0.05) is 6.42 Å². The van der Waals surface area contributed by atoms with E-state index in [0.717, 1.165) is 18.6 Å². The molecule has 1 atom stereocenters. The van der Waals surface area contributed by atoms with E-state index < -0.39 is 46.9 Å². The molecule has 1 saturated carbocycles. The molecule has 0 radical (unpaired) electrons. The van der Waals surface area contributed by atoms with Crippen LogP contribution in [0.1, 0.15) is 38.7 Å². The van der Waals surface area contributed by atoms with Crippen LogP contribution in [-0.4, -0.2) is 41.1 Å². The summed E-state index contributed by atoms with van der Waals surface area (Å²) < 4.78 is 129. The Hall–Kier alpha value is -1.65. The van der Waals surface area contributed by atoms with Gasteiger partial charge in [0.15, 0.2) is 0 Å². The number of unbranched alkanes of at least 4 members (excludes halogenated alkanes) is 1. The van der Waals surface area contributed by atoms with E-state index in [0.29, 0.717) is 13.3 Å². The second-order valence-electron chi connectivity index (χ2n) is 7.28. The number of benzene rings is 1. The summed E-state index contributed by atoms with van der Waals surface area (Å²) in [5.41, 5.74) is -9.11. The van der Waals surface area contributed by atoms with Gasteiger partial charge in [-0.3, -0.25) is 0 Å². The summed E-state index contributed by atoms with van der Waals surface area (Å²) in [5, 5.41) is 10.4. The zero-order valence-corrected chi connectivity index (χ0v) is 15.4. The standard InChI is InChI=1S/C18H19F9O2/c1-3-4-8-29-12-7-5-6-11(9-12)13(2,28)10-14(19)15(20,21)17(24,25)18(26,27)16(14,22)23/h5-7,9,28H,3-4,8,10H2,1-2H3. The van der Waals surface area contributed by atoms with E-state index >= 15 is 0 Å². The third kappa shape index (κ3) is 3.16. The molecule has 0 heterocycles. The van der Waals surface area contributed by atoms with E-state index in [2.05, 4.69) is 0 Å². The predicted molar refractivity (Wildman–Crippen MR) is 84.7 cm³/mol. The average molecular weight is 438 g/mol. The maximum Gasteiger partial charge on any atom is 0.381 e. The highest BCUT2D eigenvalue weighted by molar-refractivity contribution is 5.35. The molecule has 2 nitrogen and oxygen atoms in total. The summed E-state index contributed by atoms with van der Waals surface area (Å²) in [5.74, 6) is -26.2. The number of hydrogen-bond donors (Lipinski definition) is 1. The Labute approximate surface area is 160 Å². The second-order valence-corrected chi connectivity index (χ2v) is 7.28. The summed E-state index contributed by atoms with van der Waals surface area (Å²) in [7, 11) is 0. The summed E-state index contributed by atoms with van der Waals surface area (Å²) >= 11 is 0. The molecule has 11 heteroatoms. The lowest BCUT2D eigenvalue weighted by Gasteiger charge is -2.37. The van der Waals surface area contributed by atoms with Crippen LogP contribution in [0.15, 0.2) is 24.3 Å². The van der Waals surface area contributed by atoms with Crippen LogP contribution in [0, 0.1) is 0 Å². The van der Waals surface area contributed by atoms with Gasteiger partial charge in [-0.2, -0.15) is 35.1 Å². The first kappa shape index (κ1) is 23.6. The molecule has 1 aliphatic carbocycles. The third-order valence-electron chi connectivity index (χ3n) is 4.99. The van der Waals surface area contributed by atoms with Crippen molar-refractivity contribution >= 4 is 0 Å². The molecule has 1 aliphatic rings. The fourth-order valence-electron chi connectivity index (χ4n) is 3.14. The van der Waals surface area contributed by atoms with Gasteiger partial charge in [0.2, 0.25) is 0 Å². The Morgan fingerprint density at radius 1 is 0.897 bits per heavy atom. The topological polar surface area (TPSA) is 29.5 Å². The van der Waals surface area contributed by atoms with Crippen molar-refractivity contribution in [2.45, 2.75) is 68.1 Å². The monoisotopic (exact) mass is 438 g/mol. The molecule has 0 bridgehead atoms. The molecular formula is C18H19F9O2. The summed E-state index contributed by atoms with van der Waals surface area (Å²) in [6.45, 7) is 2.66. The molecule has 1 aromatic rings. The van der Waals surface area contributed by atoms with Crippen LogP contribution < -0.4 is 4.74 Å². The fraction of sp³-hybridized carbons (Fsp3) is 0.667. The zero-order valence-electron chi connectivity index (χ0n) is 15.4. The SMILES string of the molecule is CCCCOc1cccc(C(C)(O)CC2(F)C(F)(F)C(F)(F)C(F)(F)C2(F)F)c1. The first-order valence-corrected chi connectivity index (χ1v) is 8.65. The van der Waals surface area contributed by atoms with Crippen molar-refractivity contribution in [2.24, 2.45) is 0 Å². The molecule has 1 unspecified atom stereocenters. The highest BCUT2D eigenvalue weighted by atomic mass is 19.4. The maximum absolute atomic E-state index is 14.7. The van der Waals surface area contributed by atoms with Crippen LogP contribution in [0.25, 0.3) is 0 Å². The highest BCUT2D eigenvalue weighted by Gasteiger charge is 3.00. The van der Waals surface area contributed by atoms with Crippen molar-refractivity contribution in [1.29, 1.82) is 0 Å². The van der Waals surface area contributed by atoms with E-state index in [-0.39, 0.29) is 12.4 Å². The van der Waals surface area contributed by atoms with E-state index in [1.807, 2.05) is 6.92 Å². The van der Waals surface area contributed by atoms with Gasteiger partial charge in [0.25, 0.3) is 5.67 Å². The van der Waals surface area contributed by atoms with Crippen LogP contribution in [-0.2, 0) is 5.60 Å². The molecule has 0 aliphatic heterocycles. The Morgan fingerprint density at radius 2 is 1.41 bits per heavy atom. The van der Waals surface area contributed by atoms with Gasteiger partial charge in [-0.15, -0.1) is 0 Å². The Bertz CT molecular complexity index is 721. The summed E-state index contributed by atoms with van der Waals surface area (Å²) in [4.78, 5) is 0. The first-order chi connectivity index (χ1) is 13.0. The van der Waals surface area contributed by atoms with Crippen LogP contribution in [0.3, 0.4) is 0 Å². The normalized spacial score (nSPS) is 25.4.